The smallest absolute Gasteiger partial charge is 0.407 e. The molecule has 2 aromatic rings. The number of ether oxygens (including phenoxy) is 1. The maximum atomic E-state index is 12.8. The summed E-state index contributed by atoms with van der Waals surface area (Å²) in [6, 6.07) is 4.89. The van der Waals surface area contributed by atoms with Crippen LogP contribution in [-0.2, 0) is 11.2 Å². The topological polar surface area (TPSA) is 98.2 Å². The van der Waals surface area contributed by atoms with Crippen molar-refractivity contribution in [3.05, 3.63) is 58.7 Å². The molecule has 1 amide bonds. The van der Waals surface area contributed by atoms with Gasteiger partial charge in [0.1, 0.15) is 17.0 Å². The average Bonchev–Trinajstić information content (AvgIpc) is 2.58. The number of nitrogens with zero attached hydrogens (tertiary/aromatic N) is 2. The minimum absolute atomic E-state index is 0.107. The van der Waals surface area contributed by atoms with E-state index in [4.69, 9.17) is 4.74 Å². The number of amides is 1. The van der Waals surface area contributed by atoms with Gasteiger partial charge in [0.05, 0.1) is 11.1 Å². The van der Waals surface area contributed by atoms with Gasteiger partial charge in [0.2, 0.25) is 5.78 Å². The van der Waals surface area contributed by atoms with Gasteiger partial charge in [-0.05, 0) is 51.0 Å². The Balaban J connectivity index is 1.80. The quantitative estimate of drug-likeness (QED) is 0.776. The number of aromatic nitrogens is 2. The molecule has 0 atom stereocenters. The van der Waals surface area contributed by atoms with Crippen molar-refractivity contribution in [1.29, 1.82) is 0 Å². The van der Waals surface area contributed by atoms with Crippen LogP contribution in [0.5, 0.6) is 0 Å². The molecule has 0 spiro atoms. The first-order valence-corrected chi connectivity index (χ1v) is 8.27. The summed E-state index contributed by atoms with van der Waals surface area (Å²) >= 11 is 0. The van der Waals surface area contributed by atoms with E-state index in [-0.39, 0.29) is 40.6 Å². The molecule has 7 nitrogen and oxygen atoms in total. The molecule has 0 aliphatic heterocycles. The van der Waals surface area contributed by atoms with Crippen molar-refractivity contribution in [1.82, 2.24) is 15.3 Å². The van der Waals surface area contributed by atoms with Gasteiger partial charge in [-0.2, -0.15) is 0 Å². The molecule has 0 saturated heterocycles. The number of ketones is 2. The van der Waals surface area contributed by atoms with Crippen LogP contribution in [0.3, 0.4) is 0 Å². The van der Waals surface area contributed by atoms with Crippen molar-refractivity contribution in [2.24, 2.45) is 0 Å². The SMILES string of the molecule is CC(C)(C)OC(=O)NCCc1ccnc2c1C(=O)c1cccnc1C2=O. The lowest BCUT2D eigenvalue weighted by Crippen LogP contribution is -2.34. The first kappa shape index (κ1) is 17.7. The third kappa shape index (κ3) is 3.46. The summed E-state index contributed by atoms with van der Waals surface area (Å²) < 4.78 is 5.18. The molecule has 26 heavy (non-hydrogen) atoms. The molecular formula is C19H19N3O4. The monoisotopic (exact) mass is 353 g/mol. The second-order valence-electron chi connectivity index (χ2n) is 6.93. The van der Waals surface area contributed by atoms with E-state index in [1.54, 1.807) is 39.0 Å². The van der Waals surface area contributed by atoms with Crippen LogP contribution in [0.2, 0.25) is 0 Å². The van der Waals surface area contributed by atoms with Gasteiger partial charge in [0.25, 0.3) is 0 Å². The number of carbonyl (C=O) groups excluding carboxylic acids is 3. The number of hydrogen-bond donors (Lipinski definition) is 1. The maximum Gasteiger partial charge on any atom is 0.407 e. The Morgan fingerprint density at radius 1 is 1.08 bits per heavy atom. The van der Waals surface area contributed by atoms with Crippen LogP contribution in [0.15, 0.2) is 30.6 Å². The summed E-state index contributed by atoms with van der Waals surface area (Å²) in [5, 5.41) is 2.65. The fraction of sp³-hybridized carbons (Fsp3) is 0.316. The largest absolute Gasteiger partial charge is 0.444 e. The summed E-state index contributed by atoms with van der Waals surface area (Å²) in [5.41, 5.74) is 0.860. The van der Waals surface area contributed by atoms with E-state index in [0.717, 1.165) is 0 Å². The molecule has 0 radical (unpaired) electrons. The Morgan fingerprint density at radius 3 is 2.54 bits per heavy atom. The highest BCUT2D eigenvalue weighted by Gasteiger charge is 2.33. The molecule has 0 fully saturated rings. The first-order valence-electron chi connectivity index (χ1n) is 8.27. The predicted molar refractivity (Wildman–Crippen MR) is 93.3 cm³/mol. The van der Waals surface area contributed by atoms with Gasteiger partial charge in [-0.25, -0.2) is 4.79 Å². The van der Waals surface area contributed by atoms with E-state index >= 15 is 0 Å². The van der Waals surface area contributed by atoms with Crippen molar-refractivity contribution in [3.63, 3.8) is 0 Å². The van der Waals surface area contributed by atoms with E-state index in [1.165, 1.54) is 12.4 Å². The second-order valence-corrected chi connectivity index (χ2v) is 6.93. The second kappa shape index (κ2) is 6.67. The normalized spacial score (nSPS) is 13.0. The van der Waals surface area contributed by atoms with E-state index in [0.29, 0.717) is 12.0 Å². The zero-order valence-electron chi connectivity index (χ0n) is 14.8. The third-order valence-corrected chi connectivity index (χ3v) is 3.81. The van der Waals surface area contributed by atoms with E-state index in [2.05, 4.69) is 15.3 Å². The first-order chi connectivity index (χ1) is 12.3. The van der Waals surface area contributed by atoms with Crippen molar-refractivity contribution >= 4 is 17.7 Å². The maximum absolute atomic E-state index is 12.8. The van der Waals surface area contributed by atoms with Gasteiger partial charge in [-0.1, -0.05) is 0 Å². The van der Waals surface area contributed by atoms with Gasteiger partial charge in [-0.3, -0.25) is 19.6 Å². The van der Waals surface area contributed by atoms with Crippen LogP contribution in [0.4, 0.5) is 4.79 Å². The Labute approximate surface area is 150 Å². The molecule has 2 heterocycles. The Kier molecular flexibility index (Phi) is 4.54. The highest BCUT2D eigenvalue weighted by Crippen LogP contribution is 2.27. The summed E-state index contributed by atoms with van der Waals surface area (Å²) in [5.74, 6) is -0.639. The zero-order chi connectivity index (χ0) is 18.9. The number of rotatable bonds is 3. The van der Waals surface area contributed by atoms with Crippen LogP contribution in [-0.4, -0.2) is 39.8 Å². The number of hydrogen-bond acceptors (Lipinski definition) is 6. The van der Waals surface area contributed by atoms with Crippen molar-refractivity contribution in [2.75, 3.05) is 6.54 Å². The van der Waals surface area contributed by atoms with Crippen LogP contribution < -0.4 is 5.32 Å². The molecule has 7 heteroatoms. The minimum Gasteiger partial charge on any atom is -0.444 e. The average molecular weight is 353 g/mol. The number of alkyl carbamates (subject to hydrolysis) is 1. The van der Waals surface area contributed by atoms with Gasteiger partial charge in [0.15, 0.2) is 5.78 Å². The van der Waals surface area contributed by atoms with Gasteiger partial charge in [0, 0.05) is 18.9 Å². The molecule has 1 N–H and O–H groups in total. The summed E-state index contributed by atoms with van der Waals surface area (Å²) in [7, 11) is 0. The summed E-state index contributed by atoms with van der Waals surface area (Å²) in [4.78, 5) is 45.2. The summed E-state index contributed by atoms with van der Waals surface area (Å²) in [6.45, 7) is 5.61. The molecule has 1 aliphatic carbocycles. The molecule has 2 aromatic heterocycles. The fourth-order valence-corrected chi connectivity index (χ4v) is 2.77. The highest BCUT2D eigenvalue weighted by atomic mass is 16.6. The third-order valence-electron chi connectivity index (χ3n) is 3.81. The minimum atomic E-state index is -0.584. The van der Waals surface area contributed by atoms with Crippen molar-refractivity contribution < 1.29 is 19.1 Å². The predicted octanol–water partition coefficient (Wildman–Crippen LogP) is 2.32. The number of fused-ring (bicyclic) bond motifs is 2. The highest BCUT2D eigenvalue weighted by molar-refractivity contribution is 6.27. The van der Waals surface area contributed by atoms with Gasteiger partial charge >= 0.3 is 6.09 Å². The molecule has 3 rings (SSSR count). The van der Waals surface area contributed by atoms with Crippen LogP contribution >= 0.6 is 0 Å². The van der Waals surface area contributed by atoms with E-state index in [1.807, 2.05) is 0 Å². The molecular weight excluding hydrogens is 334 g/mol. The molecule has 0 saturated carbocycles. The lowest BCUT2D eigenvalue weighted by molar-refractivity contribution is 0.0528. The Bertz CT molecular complexity index is 900. The lowest BCUT2D eigenvalue weighted by Gasteiger charge is -2.20. The zero-order valence-corrected chi connectivity index (χ0v) is 14.8. The molecule has 0 bridgehead atoms. The molecule has 1 aliphatic rings. The molecule has 0 unspecified atom stereocenters. The fourth-order valence-electron chi connectivity index (χ4n) is 2.77. The van der Waals surface area contributed by atoms with E-state index in [9.17, 15) is 14.4 Å². The Hall–Kier alpha value is -3.09. The number of carbonyl (C=O) groups is 3. The Morgan fingerprint density at radius 2 is 1.81 bits per heavy atom. The van der Waals surface area contributed by atoms with E-state index < -0.39 is 11.7 Å². The van der Waals surface area contributed by atoms with Gasteiger partial charge < -0.3 is 10.1 Å². The van der Waals surface area contributed by atoms with Crippen molar-refractivity contribution in [3.8, 4) is 0 Å². The van der Waals surface area contributed by atoms with Crippen LogP contribution in [0.1, 0.15) is 58.4 Å². The molecule has 134 valence electrons. The lowest BCUT2D eigenvalue weighted by atomic mass is 9.87. The van der Waals surface area contributed by atoms with Crippen LogP contribution in [0.25, 0.3) is 0 Å². The number of nitrogens with one attached hydrogen (secondary N) is 1. The molecule has 0 aromatic carbocycles. The summed E-state index contributed by atoms with van der Waals surface area (Å²) in [6.07, 6.45) is 2.81. The van der Waals surface area contributed by atoms with Crippen molar-refractivity contribution in [2.45, 2.75) is 32.8 Å². The number of pyridine rings is 2. The van der Waals surface area contributed by atoms with Gasteiger partial charge in [-0.15, -0.1) is 0 Å². The van der Waals surface area contributed by atoms with Crippen LogP contribution in [0, 0.1) is 0 Å². The standard InChI is InChI=1S/C19H19N3O4/c1-19(2,3)26-18(25)22-10-7-11-6-9-21-15-13(11)16(23)12-5-4-8-20-14(12)17(15)24/h4-6,8-9H,7,10H2,1-3H3,(H,22,25).